The van der Waals surface area contributed by atoms with Crippen molar-refractivity contribution in [1.82, 2.24) is 0 Å². The first kappa shape index (κ1) is 10.9. The molecule has 0 saturated carbocycles. The zero-order valence-corrected chi connectivity index (χ0v) is 9.02. The van der Waals surface area contributed by atoms with E-state index in [9.17, 15) is 4.79 Å². The Morgan fingerprint density at radius 2 is 2.12 bits per heavy atom. The normalized spacial score (nSPS) is 16.3. The highest BCUT2D eigenvalue weighted by Crippen LogP contribution is 2.25. The maximum Gasteiger partial charge on any atom is 0.328 e. The Morgan fingerprint density at radius 3 is 2.88 bits per heavy atom. The highest BCUT2D eigenvalue weighted by Gasteiger charge is 2.12. The second kappa shape index (κ2) is 4.49. The standard InChI is InChI=1S/C13H15NO2/c14-12(6-7-13(15)16)11-5-4-9-2-1-3-10(9)8-11/h4-8,12H,1-3,14H2,(H,15,16)/b7-6+. The second-order valence-corrected chi connectivity index (χ2v) is 4.10. The predicted molar refractivity (Wildman–Crippen MR) is 62.2 cm³/mol. The van der Waals surface area contributed by atoms with Crippen LogP contribution in [0.5, 0.6) is 0 Å². The van der Waals surface area contributed by atoms with Gasteiger partial charge in [-0.1, -0.05) is 24.3 Å². The van der Waals surface area contributed by atoms with Crippen LogP contribution >= 0.6 is 0 Å². The number of fused-ring (bicyclic) bond motifs is 1. The summed E-state index contributed by atoms with van der Waals surface area (Å²) in [5, 5.41) is 8.52. The van der Waals surface area contributed by atoms with Gasteiger partial charge in [0.25, 0.3) is 0 Å². The molecule has 84 valence electrons. The minimum absolute atomic E-state index is 0.331. The van der Waals surface area contributed by atoms with E-state index in [2.05, 4.69) is 12.1 Å². The van der Waals surface area contributed by atoms with Crippen molar-refractivity contribution in [1.29, 1.82) is 0 Å². The lowest BCUT2D eigenvalue weighted by atomic mass is 10.0. The molecule has 0 aromatic heterocycles. The molecule has 16 heavy (non-hydrogen) atoms. The number of nitrogens with two attached hydrogens (primary N) is 1. The summed E-state index contributed by atoms with van der Waals surface area (Å²) >= 11 is 0. The highest BCUT2D eigenvalue weighted by atomic mass is 16.4. The molecule has 0 heterocycles. The van der Waals surface area contributed by atoms with Gasteiger partial charge in [0.15, 0.2) is 0 Å². The fraction of sp³-hybridized carbons (Fsp3) is 0.308. The predicted octanol–water partition coefficient (Wildman–Crippen LogP) is 1.82. The number of benzene rings is 1. The highest BCUT2D eigenvalue weighted by molar-refractivity contribution is 5.79. The number of carbonyl (C=O) groups is 1. The minimum atomic E-state index is -0.961. The van der Waals surface area contributed by atoms with Crippen LogP contribution in [0, 0.1) is 0 Å². The van der Waals surface area contributed by atoms with Crippen molar-refractivity contribution in [2.24, 2.45) is 5.73 Å². The van der Waals surface area contributed by atoms with Crippen LogP contribution in [0.2, 0.25) is 0 Å². The van der Waals surface area contributed by atoms with E-state index in [0.717, 1.165) is 24.5 Å². The van der Waals surface area contributed by atoms with Crippen LogP contribution in [0.25, 0.3) is 0 Å². The van der Waals surface area contributed by atoms with Gasteiger partial charge in [-0.15, -0.1) is 0 Å². The summed E-state index contributed by atoms with van der Waals surface area (Å²) in [7, 11) is 0. The van der Waals surface area contributed by atoms with Crippen LogP contribution in [-0.4, -0.2) is 11.1 Å². The monoisotopic (exact) mass is 217 g/mol. The summed E-state index contributed by atoms with van der Waals surface area (Å²) in [6.45, 7) is 0. The first-order valence-corrected chi connectivity index (χ1v) is 5.45. The SMILES string of the molecule is NC(/C=C/C(=O)O)c1ccc2c(c1)CCC2. The third-order valence-electron chi connectivity index (χ3n) is 2.95. The Kier molecular flexibility index (Phi) is 3.06. The van der Waals surface area contributed by atoms with Gasteiger partial charge in [0, 0.05) is 12.1 Å². The summed E-state index contributed by atoms with van der Waals surface area (Å²) in [5.74, 6) is -0.961. The molecule has 0 saturated heterocycles. The fourth-order valence-electron chi connectivity index (χ4n) is 2.10. The van der Waals surface area contributed by atoms with Crippen molar-refractivity contribution in [2.45, 2.75) is 25.3 Å². The van der Waals surface area contributed by atoms with Crippen molar-refractivity contribution < 1.29 is 9.90 Å². The number of hydrogen-bond acceptors (Lipinski definition) is 2. The molecule has 1 aromatic rings. The molecule has 1 atom stereocenters. The van der Waals surface area contributed by atoms with E-state index >= 15 is 0 Å². The van der Waals surface area contributed by atoms with Crippen molar-refractivity contribution in [3.8, 4) is 0 Å². The molecular weight excluding hydrogens is 202 g/mol. The third kappa shape index (κ3) is 2.31. The summed E-state index contributed by atoms with van der Waals surface area (Å²) < 4.78 is 0. The van der Waals surface area contributed by atoms with E-state index in [1.54, 1.807) is 0 Å². The molecule has 0 radical (unpaired) electrons. The first-order chi connectivity index (χ1) is 7.66. The van der Waals surface area contributed by atoms with Gasteiger partial charge in [-0.2, -0.15) is 0 Å². The van der Waals surface area contributed by atoms with Gasteiger partial charge < -0.3 is 10.8 Å². The van der Waals surface area contributed by atoms with Crippen LogP contribution < -0.4 is 5.73 Å². The van der Waals surface area contributed by atoms with Crippen molar-refractivity contribution in [2.75, 3.05) is 0 Å². The van der Waals surface area contributed by atoms with Crippen molar-refractivity contribution >= 4 is 5.97 Å². The lowest BCUT2D eigenvalue weighted by Crippen LogP contribution is -2.08. The lowest BCUT2D eigenvalue weighted by molar-refractivity contribution is -0.131. The Balaban J connectivity index is 2.18. The van der Waals surface area contributed by atoms with E-state index in [-0.39, 0.29) is 6.04 Å². The van der Waals surface area contributed by atoms with Crippen molar-refractivity contribution in [3.05, 3.63) is 47.0 Å². The largest absolute Gasteiger partial charge is 0.478 e. The molecule has 1 unspecified atom stereocenters. The molecule has 0 fully saturated rings. The summed E-state index contributed by atoms with van der Waals surface area (Å²) in [4.78, 5) is 10.4. The first-order valence-electron chi connectivity index (χ1n) is 5.45. The number of rotatable bonds is 3. The topological polar surface area (TPSA) is 63.3 Å². The average Bonchev–Trinajstić information content (AvgIpc) is 2.72. The molecule has 1 aliphatic rings. The zero-order valence-electron chi connectivity index (χ0n) is 9.02. The number of hydrogen-bond donors (Lipinski definition) is 2. The van der Waals surface area contributed by atoms with Crippen LogP contribution in [0.3, 0.4) is 0 Å². The quantitative estimate of drug-likeness (QED) is 0.759. The Morgan fingerprint density at radius 1 is 1.38 bits per heavy atom. The van der Waals surface area contributed by atoms with Crippen LogP contribution in [0.1, 0.15) is 29.2 Å². The smallest absolute Gasteiger partial charge is 0.328 e. The molecule has 0 aliphatic heterocycles. The van der Waals surface area contributed by atoms with Crippen LogP contribution in [0.15, 0.2) is 30.4 Å². The Bertz CT molecular complexity index is 438. The van der Waals surface area contributed by atoms with Crippen LogP contribution in [0.4, 0.5) is 0 Å². The molecular formula is C13H15NO2. The Hall–Kier alpha value is -1.61. The maximum absolute atomic E-state index is 10.4. The lowest BCUT2D eigenvalue weighted by Gasteiger charge is -2.09. The molecule has 3 heteroatoms. The number of carboxylic acid groups (broad SMARTS) is 1. The Labute approximate surface area is 94.6 Å². The average molecular weight is 217 g/mol. The van der Waals surface area contributed by atoms with E-state index in [0.29, 0.717) is 0 Å². The van der Waals surface area contributed by atoms with Gasteiger partial charge in [0.2, 0.25) is 0 Å². The van der Waals surface area contributed by atoms with E-state index in [4.69, 9.17) is 10.8 Å². The molecule has 3 nitrogen and oxygen atoms in total. The van der Waals surface area contributed by atoms with Gasteiger partial charge in [-0.05, 0) is 36.0 Å². The number of aliphatic carboxylic acids is 1. The third-order valence-corrected chi connectivity index (χ3v) is 2.95. The van der Waals surface area contributed by atoms with Crippen LogP contribution in [-0.2, 0) is 17.6 Å². The summed E-state index contributed by atoms with van der Waals surface area (Å²) in [6.07, 6.45) is 6.07. The van der Waals surface area contributed by atoms with Gasteiger partial charge >= 0.3 is 5.97 Å². The van der Waals surface area contributed by atoms with E-state index in [1.807, 2.05) is 6.07 Å². The van der Waals surface area contributed by atoms with Gasteiger partial charge in [0.05, 0.1) is 0 Å². The van der Waals surface area contributed by atoms with Gasteiger partial charge in [-0.3, -0.25) is 0 Å². The molecule has 2 rings (SSSR count). The molecule has 1 aromatic carbocycles. The molecule has 0 spiro atoms. The van der Waals surface area contributed by atoms with Crippen molar-refractivity contribution in [3.63, 3.8) is 0 Å². The number of carboxylic acids is 1. The molecule has 1 aliphatic carbocycles. The fourth-order valence-corrected chi connectivity index (χ4v) is 2.10. The molecule has 0 amide bonds. The minimum Gasteiger partial charge on any atom is -0.478 e. The van der Waals surface area contributed by atoms with E-state index < -0.39 is 5.97 Å². The summed E-state index contributed by atoms with van der Waals surface area (Å²) in [5.41, 5.74) is 9.63. The van der Waals surface area contributed by atoms with Gasteiger partial charge in [0.1, 0.15) is 0 Å². The van der Waals surface area contributed by atoms with Gasteiger partial charge in [-0.25, -0.2) is 4.79 Å². The van der Waals surface area contributed by atoms with E-state index in [1.165, 1.54) is 23.6 Å². The summed E-state index contributed by atoms with van der Waals surface area (Å²) in [6, 6.07) is 5.86. The molecule has 3 N–H and O–H groups in total. The number of aryl methyl sites for hydroxylation is 2. The molecule has 0 bridgehead atoms. The maximum atomic E-state index is 10.4. The zero-order chi connectivity index (χ0) is 11.5. The second-order valence-electron chi connectivity index (χ2n) is 4.10.